The molecule has 0 spiro atoms. The van der Waals surface area contributed by atoms with E-state index in [-0.39, 0.29) is 18.6 Å². The SMILES string of the molecule is C[C@@H](Oc1ccc(Cl)cc1)C(=O)OCC(=O)NC1CC1. The maximum atomic E-state index is 11.7. The van der Waals surface area contributed by atoms with Crippen LogP contribution in [-0.4, -0.2) is 30.6 Å². The normalized spacial score (nSPS) is 15.3. The fourth-order valence-corrected chi connectivity index (χ4v) is 1.64. The molecule has 1 atom stereocenters. The Hall–Kier alpha value is -1.75. The maximum absolute atomic E-state index is 11.7. The molecule has 5 nitrogen and oxygen atoms in total. The summed E-state index contributed by atoms with van der Waals surface area (Å²) in [6.45, 7) is 1.29. The van der Waals surface area contributed by atoms with Crippen molar-refractivity contribution in [2.75, 3.05) is 6.61 Å². The largest absolute Gasteiger partial charge is 0.479 e. The first kappa shape index (κ1) is 14.7. The summed E-state index contributed by atoms with van der Waals surface area (Å²) in [6.07, 6.45) is 1.20. The lowest BCUT2D eigenvalue weighted by molar-refractivity contribution is -0.154. The van der Waals surface area contributed by atoms with E-state index in [1.54, 1.807) is 31.2 Å². The molecule has 6 heteroatoms. The molecule has 2 rings (SSSR count). The maximum Gasteiger partial charge on any atom is 0.347 e. The lowest BCUT2D eigenvalue weighted by Crippen LogP contribution is -2.33. The first-order valence-electron chi connectivity index (χ1n) is 6.43. The average Bonchev–Trinajstić information content (AvgIpc) is 3.22. The van der Waals surface area contributed by atoms with Crippen molar-refractivity contribution < 1.29 is 19.1 Å². The summed E-state index contributed by atoms with van der Waals surface area (Å²) in [4.78, 5) is 23.0. The molecule has 108 valence electrons. The lowest BCUT2D eigenvalue weighted by atomic mass is 10.3. The molecular formula is C14H16ClNO4. The predicted molar refractivity (Wildman–Crippen MR) is 73.7 cm³/mol. The van der Waals surface area contributed by atoms with Gasteiger partial charge in [-0.2, -0.15) is 0 Å². The molecule has 0 heterocycles. The molecule has 1 saturated carbocycles. The van der Waals surface area contributed by atoms with Crippen LogP contribution in [0.4, 0.5) is 0 Å². The van der Waals surface area contributed by atoms with Crippen LogP contribution in [-0.2, 0) is 14.3 Å². The Morgan fingerprint density at radius 2 is 2.00 bits per heavy atom. The molecule has 1 aromatic carbocycles. The van der Waals surface area contributed by atoms with Crippen molar-refractivity contribution >= 4 is 23.5 Å². The Kier molecular flexibility index (Phi) is 4.84. The van der Waals surface area contributed by atoms with E-state index in [2.05, 4.69) is 5.32 Å². The number of carbonyl (C=O) groups is 2. The van der Waals surface area contributed by atoms with Crippen molar-refractivity contribution in [3.8, 4) is 5.75 Å². The topological polar surface area (TPSA) is 64.6 Å². The summed E-state index contributed by atoms with van der Waals surface area (Å²) in [5.74, 6) is -0.341. The summed E-state index contributed by atoms with van der Waals surface area (Å²) < 4.78 is 10.3. The number of benzene rings is 1. The van der Waals surface area contributed by atoms with Crippen LogP contribution < -0.4 is 10.1 Å². The van der Waals surface area contributed by atoms with E-state index in [0.717, 1.165) is 12.8 Å². The zero-order chi connectivity index (χ0) is 14.5. The van der Waals surface area contributed by atoms with Gasteiger partial charge in [-0.3, -0.25) is 4.79 Å². The fraction of sp³-hybridized carbons (Fsp3) is 0.429. The second kappa shape index (κ2) is 6.61. The molecule has 0 radical (unpaired) electrons. The van der Waals surface area contributed by atoms with Crippen LogP contribution in [0.3, 0.4) is 0 Å². The van der Waals surface area contributed by atoms with E-state index < -0.39 is 12.1 Å². The van der Waals surface area contributed by atoms with Crippen molar-refractivity contribution in [2.45, 2.75) is 31.9 Å². The number of nitrogens with one attached hydrogen (secondary N) is 1. The van der Waals surface area contributed by atoms with Crippen LogP contribution in [0.5, 0.6) is 5.75 Å². The highest BCUT2D eigenvalue weighted by Gasteiger charge is 2.24. The Morgan fingerprint density at radius 1 is 1.35 bits per heavy atom. The molecule has 1 amide bonds. The molecular weight excluding hydrogens is 282 g/mol. The zero-order valence-electron chi connectivity index (χ0n) is 11.1. The van der Waals surface area contributed by atoms with Crippen molar-refractivity contribution in [2.24, 2.45) is 0 Å². The van der Waals surface area contributed by atoms with Gasteiger partial charge in [0.15, 0.2) is 12.7 Å². The molecule has 0 aromatic heterocycles. The van der Waals surface area contributed by atoms with Crippen molar-refractivity contribution in [3.63, 3.8) is 0 Å². The molecule has 1 N–H and O–H groups in total. The minimum absolute atomic E-state index is 0.254. The molecule has 1 fully saturated rings. The quantitative estimate of drug-likeness (QED) is 0.815. The Bertz CT molecular complexity index is 484. The van der Waals surface area contributed by atoms with Gasteiger partial charge in [-0.15, -0.1) is 0 Å². The second-order valence-electron chi connectivity index (χ2n) is 4.66. The third kappa shape index (κ3) is 4.74. The first-order valence-corrected chi connectivity index (χ1v) is 6.80. The molecule has 0 bridgehead atoms. The number of ether oxygens (including phenoxy) is 2. The number of carbonyl (C=O) groups excluding carboxylic acids is 2. The molecule has 1 aromatic rings. The highest BCUT2D eigenvalue weighted by molar-refractivity contribution is 6.30. The van der Waals surface area contributed by atoms with Crippen LogP contribution in [0.1, 0.15) is 19.8 Å². The highest BCUT2D eigenvalue weighted by atomic mass is 35.5. The van der Waals surface area contributed by atoms with Gasteiger partial charge < -0.3 is 14.8 Å². The Balaban J connectivity index is 1.73. The standard InChI is InChI=1S/C14H16ClNO4/c1-9(20-12-6-2-10(15)3-7-12)14(18)19-8-13(17)16-11-4-5-11/h2-3,6-7,9,11H,4-5,8H2,1H3,(H,16,17)/t9-/m1/s1. The van der Waals surface area contributed by atoms with E-state index in [1.165, 1.54) is 0 Å². The third-order valence-corrected chi connectivity index (χ3v) is 3.00. The van der Waals surface area contributed by atoms with Gasteiger partial charge in [0.25, 0.3) is 5.91 Å². The van der Waals surface area contributed by atoms with Gasteiger partial charge in [-0.05, 0) is 44.0 Å². The Labute approximate surface area is 122 Å². The number of esters is 1. The van der Waals surface area contributed by atoms with Gasteiger partial charge in [0, 0.05) is 11.1 Å². The van der Waals surface area contributed by atoms with E-state index in [1.807, 2.05) is 0 Å². The molecule has 1 aliphatic carbocycles. The predicted octanol–water partition coefficient (Wildman–Crippen LogP) is 1.93. The molecule has 1 aliphatic rings. The average molecular weight is 298 g/mol. The van der Waals surface area contributed by atoms with Crippen LogP contribution in [0.2, 0.25) is 5.02 Å². The third-order valence-electron chi connectivity index (χ3n) is 2.75. The van der Waals surface area contributed by atoms with Gasteiger partial charge in [0.1, 0.15) is 5.75 Å². The smallest absolute Gasteiger partial charge is 0.347 e. The van der Waals surface area contributed by atoms with E-state index in [0.29, 0.717) is 10.8 Å². The van der Waals surface area contributed by atoms with E-state index in [4.69, 9.17) is 21.1 Å². The van der Waals surface area contributed by atoms with Crippen molar-refractivity contribution in [1.29, 1.82) is 0 Å². The minimum Gasteiger partial charge on any atom is -0.479 e. The van der Waals surface area contributed by atoms with Gasteiger partial charge in [0.2, 0.25) is 0 Å². The van der Waals surface area contributed by atoms with Gasteiger partial charge in [-0.1, -0.05) is 11.6 Å². The van der Waals surface area contributed by atoms with E-state index in [9.17, 15) is 9.59 Å². The number of halogens is 1. The van der Waals surface area contributed by atoms with Gasteiger partial charge in [-0.25, -0.2) is 4.79 Å². The number of amides is 1. The number of hydrogen-bond donors (Lipinski definition) is 1. The zero-order valence-corrected chi connectivity index (χ0v) is 11.9. The fourth-order valence-electron chi connectivity index (χ4n) is 1.52. The summed E-state index contributed by atoms with van der Waals surface area (Å²) in [7, 11) is 0. The molecule has 20 heavy (non-hydrogen) atoms. The first-order chi connectivity index (χ1) is 9.54. The van der Waals surface area contributed by atoms with Crippen LogP contribution in [0, 0.1) is 0 Å². The molecule has 0 aliphatic heterocycles. The molecule has 0 unspecified atom stereocenters. The lowest BCUT2D eigenvalue weighted by Gasteiger charge is -2.13. The van der Waals surface area contributed by atoms with Gasteiger partial charge in [0.05, 0.1) is 0 Å². The van der Waals surface area contributed by atoms with Crippen molar-refractivity contribution in [3.05, 3.63) is 29.3 Å². The monoisotopic (exact) mass is 297 g/mol. The second-order valence-corrected chi connectivity index (χ2v) is 5.10. The van der Waals surface area contributed by atoms with Crippen LogP contribution >= 0.6 is 11.6 Å². The van der Waals surface area contributed by atoms with Crippen LogP contribution in [0.15, 0.2) is 24.3 Å². The summed E-state index contributed by atoms with van der Waals surface area (Å²) >= 11 is 5.75. The van der Waals surface area contributed by atoms with Crippen LogP contribution in [0.25, 0.3) is 0 Å². The highest BCUT2D eigenvalue weighted by Crippen LogP contribution is 2.18. The Morgan fingerprint density at radius 3 is 2.60 bits per heavy atom. The van der Waals surface area contributed by atoms with E-state index >= 15 is 0 Å². The molecule has 0 saturated heterocycles. The number of hydrogen-bond acceptors (Lipinski definition) is 4. The number of rotatable bonds is 6. The van der Waals surface area contributed by atoms with Gasteiger partial charge >= 0.3 is 5.97 Å². The summed E-state index contributed by atoms with van der Waals surface area (Å²) in [5.41, 5.74) is 0. The summed E-state index contributed by atoms with van der Waals surface area (Å²) in [6, 6.07) is 6.90. The minimum atomic E-state index is -0.787. The van der Waals surface area contributed by atoms with Crippen molar-refractivity contribution in [1.82, 2.24) is 5.32 Å². The summed E-state index contributed by atoms with van der Waals surface area (Å²) in [5, 5.41) is 3.32.